The standard InChI is InChI=1S/C23H23ClN4O6/c1-23(2,3)20(30)19(21(31)25-17-11-15(28(33)34)9-10-16(17)24)27-18(29)13-26(22(27)32)12-14-7-5-4-6-8-14/h4-11,19H,12-13H2,1-3H3,(H,25,31). The van der Waals surface area contributed by atoms with Crippen molar-refractivity contribution in [2.24, 2.45) is 5.41 Å². The van der Waals surface area contributed by atoms with Crippen LogP contribution < -0.4 is 5.32 Å². The van der Waals surface area contributed by atoms with Gasteiger partial charge in [0.05, 0.1) is 15.6 Å². The van der Waals surface area contributed by atoms with Gasteiger partial charge in [-0.05, 0) is 11.6 Å². The molecular weight excluding hydrogens is 464 g/mol. The zero-order valence-corrected chi connectivity index (χ0v) is 19.5. The highest BCUT2D eigenvalue weighted by atomic mass is 35.5. The third-order valence-electron chi connectivity index (χ3n) is 5.20. The number of halogens is 1. The molecule has 2 aromatic carbocycles. The lowest BCUT2D eigenvalue weighted by Gasteiger charge is -2.29. The minimum Gasteiger partial charge on any atom is -0.322 e. The van der Waals surface area contributed by atoms with Gasteiger partial charge in [-0.15, -0.1) is 0 Å². The molecule has 1 fully saturated rings. The van der Waals surface area contributed by atoms with Crippen molar-refractivity contribution in [1.82, 2.24) is 9.80 Å². The predicted octanol–water partition coefficient (Wildman–Crippen LogP) is 3.63. The van der Waals surface area contributed by atoms with Gasteiger partial charge in [-0.2, -0.15) is 0 Å². The van der Waals surface area contributed by atoms with Gasteiger partial charge in [0.1, 0.15) is 6.54 Å². The molecule has 1 unspecified atom stereocenters. The molecule has 0 saturated carbocycles. The number of imide groups is 1. The van der Waals surface area contributed by atoms with Gasteiger partial charge in [0.15, 0.2) is 11.8 Å². The Balaban J connectivity index is 1.93. The SMILES string of the molecule is CC(C)(C)C(=O)C(C(=O)Nc1cc([N+](=O)[O-])ccc1Cl)N1C(=O)CN(Cc2ccccc2)C1=O. The molecule has 3 rings (SSSR count). The van der Waals surface area contributed by atoms with E-state index in [9.17, 15) is 29.3 Å². The molecule has 1 atom stereocenters. The summed E-state index contributed by atoms with van der Waals surface area (Å²) in [6.07, 6.45) is 0. The highest BCUT2D eigenvalue weighted by Gasteiger charge is 2.49. The van der Waals surface area contributed by atoms with Crippen molar-refractivity contribution in [2.75, 3.05) is 11.9 Å². The van der Waals surface area contributed by atoms with Crippen LogP contribution >= 0.6 is 11.6 Å². The van der Waals surface area contributed by atoms with E-state index >= 15 is 0 Å². The van der Waals surface area contributed by atoms with E-state index in [2.05, 4.69) is 5.32 Å². The topological polar surface area (TPSA) is 130 Å². The number of urea groups is 1. The summed E-state index contributed by atoms with van der Waals surface area (Å²) in [5, 5.41) is 13.5. The Morgan fingerprint density at radius 2 is 1.79 bits per heavy atom. The van der Waals surface area contributed by atoms with E-state index < -0.39 is 40.0 Å². The number of ketones is 1. The van der Waals surface area contributed by atoms with Gasteiger partial charge in [-0.25, -0.2) is 9.69 Å². The predicted molar refractivity (Wildman–Crippen MR) is 124 cm³/mol. The first-order chi connectivity index (χ1) is 15.9. The molecule has 1 heterocycles. The summed E-state index contributed by atoms with van der Waals surface area (Å²) >= 11 is 6.07. The van der Waals surface area contributed by atoms with E-state index in [0.717, 1.165) is 17.7 Å². The average molecular weight is 487 g/mol. The quantitative estimate of drug-likeness (QED) is 0.275. The summed E-state index contributed by atoms with van der Waals surface area (Å²) in [5.41, 5.74) is -0.757. The zero-order valence-electron chi connectivity index (χ0n) is 18.8. The van der Waals surface area contributed by atoms with E-state index in [0.29, 0.717) is 4.90 Å². The van der Waals surface area contributed by atoms with Gasteiger partial charge in [0.25, 0.3) is 17.5 Å². The molecule has 0 aliphatic carbocycles. The molecule has 1 saturated heterocycles. The molecule has 1 aliphatic rings. The Morgan fingerprint density at radius 1 is 1.15 bits per heavy atom. The van der Waals surface area contributed by atoms with Crippen molar-refractivity contribution >= 4 is 46.6 Å². The van der Waals surface area contributed by atoms with Crippen LogP contribution in [-0.4, -0.2) is 50.9 Å². The third kappa shape index (κ3) is 5.23. The number of amides is 4. The van der Waals surface area contributed by atoms with Crippen LogP contribution in [0.15, 0.2) is 48.5 Å². The van der Waals surface area contributed by atoms with Crippen LogP contribution in [0.5, 0.6) is 0 Å². The van der Waals surface area contributed by atoms with Gasteiger partial charge in [0, 0.05) is 24.1 Å². The number of hydrogen-bond donors (Lipinski definition) is 1. The fourth-order valence-corrected chi connectivity index (χ4v) is 3.60. The number of anilines is 1. The van der Waals surface area contributed by atoms with Crippen LogP contribution in [0.3, 0.4) is 0 Å². The molecule has 0 radical (unpaired) electrons. The number of non-ortho nitro benzene ring substituents is 1. The maximum absolute atomic E-state index is 13.3. The Kier molecular flexibility index (Phi) is 7.01. The lowest BCUT2D eigenvalue weighted by molar-refractivity contribution is -0.384. The number of benzene rings is 2. The van der Waals surface area contributed by atoms with Gasteiger partial charge in [0.2, 0.25) is 0 Å². The number of nitrogens with zero attached hydrogens (tertiary/aromatic N) is 3. The number of carbonyl (C=O) groups excluding carboxylic acids is 4. The first kappa shape index (κ1) is 24.8. The maximum atomic E-state index is 13.3. The fraction of sp³-hybridized carbons (Fsp3) is 0.304. The molecule has 1 N–H and O–H groups in total. The van der Waals surface area contributed by atoms with E-state index in [1.165, 1.54) is 11.0 Å². The Morgan fingerprint density at radius 3 is 2.38 bits per heavy atom. The van der Waals surface area contributed by atoms with E-state index in [-0.39, 0.29) is 29.5 Å². The number of Topliss-reactive ketones (excluding diaryl/α,β-unsaturated/α-hetero) is 1. The van der Waals surface area contributed by atoms with Crippen molar-refractivity contribution in [3.63, 3.8) is 0 Å². The molecule has 2 aromatic rings. The largest absolute Gasteiger partial charge is 0.328 e. The minimum absolute atomic E-state index is 0.00862. The first-order valence-corrected chi connectivity index (χ1v) is 10.7. The smallest absolute Gasteiger partial charge is 0.322 e. The molecule has 34 heavy (non-hydrogen) atoms. The number of nitro benzene ring substituents is 1. The maximum Gasteiger partial charge on any atom is 0.328 e. The summed E-state index contributed by atoms with van der Waals surface area (Å²) in [5.74, 6) is -2.37. The van der Waals surface area contributed by atoms with Crippen molar-refractivity contribution in [1.29, 1.82) is 0 Å². The van der Waals surface area contributed by atoms with Crippen LogP contribution in [-0.2, 0) is 20.9 Å². The molecule has 0 aromatic heterocycles. The number of nitrogens with one attached hydrogen (secondary N) is 1. The lowest BCUT2D eigenvalue weighted by atomic mass is 9.85. The van der Waals surface area contributed by atoms with Crippen molar-refractivity contribution in [3.05, 3.63) is 69.2 Å². The normalized spacial score (nSPS) is 14.8. The average Bonchev–Trinajstić information content (AvgIpc) is 3.03. The van der Waals surface area contributed by atoms with Gasteiger partial charge >= 0.3 is 6.03 Å². The summed E-state index contributed by atoms with van der Waals surface area (Å²) in [6.45, 7) is 4.50. The molecule has 0 spiro atoms. The number of nitro groups is 1. The molecule has 0 bridgehead atoms. The van der Waals surface area contributed by atoms with Crippen LogP contribution in [0.1, 0.15) is 26.3 Å². The highest BCUT2D eigenvalue weighted by Crippen LogP contribution is 2.29. The monoisotopic (exact) mass is 486 g/mol. The Hall–Kier alpha value is -3.79. The summed E-state index contributed by atoms with van der Waals surface area (Å²) < 4.78 is 0. The second-order valence-corrected chi connectivity index (χ2v) is 9.22. The molecule has 4 amide bonds. The molecule has 10 nitrogen and oxygen atoms in total. The minimum atomic E-state index is -1.78. The van der Waals surface area contributed by atoms with Crippen molar-refractivity contribution in [3.8, 4) is 0 Å². The van der Waals surface area contributed by atoms with Crippen molar-refractivity contribution < 1.29 is 24.1 Å². The van der Waals surface area contributed by atoms with Crippen LogP contribution in [0.2, 0.25) is 5.02 Å². The van der Waals surface area contributed by atoms with Crippen molar-refractivity contribution in [2.45, 2.75) is 33.4 Å². The van der Waals surface area contributed by atoms with E-state index in [1.54, 1.807) is 45.0 Å². The fourth-order valence-electron chi connectivity index (χ4n) is 3.44. The Labute approximate surface area is 200 Å². The molecule has 1 aliphatic heterocycles. The first-order valence-electron chi connectivity index (χ1n) is 10.3. The van der Waals surface area contributed by atoms with Gasteiger partial charge < -0.3 is 10.2 Å². The summed E-state index contributed by atoms with van der Waals surface area (Å²) in [6, 6.07) is 9.82. The Bertz CT molecular complexity index is 1160. The second-order valence-electron chi connectivity index (χ2n) is 8.82. The zero-order chi connectivity index (χ0) is 25.2. The van der Waals surface area contributed by atoms with Crippen LogP contribution in [0, 0.1) is 15.5 Å². The van der Waals surface area contributed by atoms with Crippen LogP contribution in [0.25, 0.3) is 0 Å². The van der Waals surface area contributed by atoms with Crippen LogP contribution in [0.4, 0.5) is 16.2 Å². The molecule has 11 heteroatoms. The molecular formula is C23H23ClN4O6. The number of carbonyl (C=O) groups is 4. The second kappa shape index (κ2) is 9.60. The van der Waals surface area contributed by atoms with Gasteiger partial charge in [-0.3, -0.25) is 24.5 Å². The third-order valence-corrected chi connectivity index (χ3v) is 5.53. The summed E-state index contributed by atoms with van der Waals surface area (Å²) in [7, 11) is 0. The van der Waals surface area contributed by atoms with Gasteiger partial charge in [-0.1, -0.05) is 62.7 Å². The molecule has 178 valence electrons. The number of rotatable bonds is 7. The van der Waals surface area contributed by atoms with E-state index in [4.69, 9.17) is 11.6 Å². The highest BCUT2D eigenvalue weighted by molar-refractivity contribution is 6.34. The lowest BCUT2D eigenvalue weighted by Crippen LogP contribution is -2.55. The van der Waals surface area contributed by atoms with E-state index in [1.807, 2.05) is 6.07 Å². The number of hydrogen-bond acceptors (Lipinski definition) is 6. The summed E-state index contributed by atoms with van der Waals surface area (Å²) in [4.78, 5) is 64.8.